The Labute approximate surface area is 86.2 Å². The van der Waals surface area contributed by atoms with Gasteiger partial charge in [0.25, 0.3) is 5.91 Å². The highest BCUT2D eigenvalue weighted by atomic mass is 32.1. The zero-order valence-electron chi connectivity index (χ0n) is 7.56. The van der Waals surface area contributed by atoms with E-state index in [2.05, 4.69) is 10.3 Å². The first-order chi connectivity index (χ1) is 6.86. The molecule has 1 N–H and O–H groups in total. The fraction of sp³-hybridized carbons (Fsp3) is 0.200. The second kappa shape index (κ2) is 4.19. The van der Waals surface area contributed by atoms with Crippen LogP contribution in [0.1, 0.15) is 12.8 Å². The van der Waals surface area contributed by atoms with Crippen molar-refractivity contribution >= 4 is 22.4 Å². The van der Waals surface area contributed by atoms with Crippen LogP contribution in [0.15, 0.2) is 35.4 Å². The molecule has 3 nitrogen and oxygen atoms in total. The molecule has 2 rings (SSSR count). The van der Waals surface area contributed by atoms with Crippen molar-refractivity contribution < 1.29 is 4.79 Å². The number of hydrogen-bond acceptors (Lipinski definition) is 3. The lowest BCUT2D eigenvalue weighted by Gasteiger charge is -2.05. The summed E-state index contributed by atoms with van der Waals surface area (Å²) in [5.41, 5.74) is 0.728. The summed E-state index contributed by atoms with van der Waals surface area (Å²) >= 11 is 1.42. The molecule has 1 aromatic rings. The summed E-state index contributed by atoms with van der Waals surface area (Å²) in [7, 11) is 0. The van der Waals surface area contributed by atoms with Gasteiger partial charge in [0.15, 0.2) is 5.13 Å². The van der Waals surface area contributed by atoms with E-state index in [0.29, 0.717) is 5.13 Å². The summed E-state index contributed by atoms with van der Waals surface area (Å²) in [6.07, 6.45) is 9.45. The lowest BCUT2D eigenvalue weighted by atomic mass is 10.1. The van der Waals surface area contributed by atoms with Gasteiger partial charge in [-0.1, -0.05) is 18.2 Å². The SMILES string of the molecule is O=C(Nc1nccs1)C1=CCCC=C1. The largest absolute Gasteiger partial charge is 0.298 e. The minimum Gasteiger partial charge on any atom is -0.298 e. The van der Waals surface area contributed by atoms with Crippen LogP contribution in [-0.4, -0.2) is 10.9 Å². The molecular formula is C10H10N2OS. The van der Waals surface area contributed by atoms with E-state index in [1.807, 2.05) is 23.6 Å². The Balaban J connectivity index is 2.02. The Hall–Kier alpha value is -1.42. The van der Waals surface area contributed by atoms with Crippen molar-refractivity contribution in [2.45, 2.75) is 12.8 Å². The molecule has 72 valence electrons. The maximum absolute atomic E-state index is 11.6. The normalized spacial score (nSPS) is 15.0. The number of carbonyl (C=O) groups is 1. The molecule has 0 radical (unpaired) electrons. The van der Waals surface area contributed by atoms with E-state index in [1.54, 1.807) is 6.20 Å². The quantitative estimate of drug-likeness (QED) is 0.807. The molecule has 0 atom stereocenters. The van der Waals surface area contributed by atoms with Crippen LogP contribution in [-0.2, 0) is 4.79 Å². The van der Waals surface area contributed by atoms with Gasteiger partial charge in [-0.15, -0.1) is 11.3 Å². The molecule has 4 heteroatoms. The standard InChI is InChI=1S/C10H10N2OS/c13-9(8-4-2-1-3-5-8)12-10-11-6-7-14-10/h2,4-7H,1,3H2,(H,11,12,13). The second-order valence-corrected chi connectivity index (χ2v) is 3.83. The molecule has 0 saturated heterocycles. The van der Waals surface area contributed by atoms with Crippen molar-refractivity contribution in [3.8, 4) is 0 Å². The molecule has 0 bridgehead atoms. The number of rotatable bonds is 2. The molecule has 1 aliphatic rings. The van der Waals surface area contributed by atoms with Gasteiger partial charge in [0.05, 0.1) is 0 Å². The molecule has 1 aliphatic carbocycles. The summed E-state index contributed by atoms with van der Waals surface area (Å²) in [6, 6.07) is 0. The lowest BCUT2D eigenvalue weighted by molar-refractivity contribution is -0.112. The summed E-state index contributed by atoms with van der Waals surface area (Å²) in [5, 5.41) is 5.22. The Kier molecular flexibility index (Phi) is 2.74. The Bertz CT molecular complexity index is 379. The summed E-state index contributed by atoms with van der Waals surface area (Å²) in [5.74, 6) is -0.0732. The van der Waals surface area contributed by atoms with Crippen LogP contribution in [0.4, 0.5) is 5.13 Å². The number of anilines is 1. The smallest absolute Gasteiger partial charge is 0.257 e. The van der Waals surface area contributed by atoms with Crippen molar-refractivity contribution in [1.29, 1.82) is 0 Å². The number of carbonyl (C=O) groups excluding carboxylic acids is 1. The maximum atomic E-state index is 11.6. The average molecular weight is 206 g/mol. The molecule has 0 saturated carbocycles. The van der Waals surface area contributed by atoms with Gasteiger partial charge in [0.1, 0.15) is 0 Å². The molecular weight excluding hydrogens is 196 g/mol. The third-order valence-corrected chi connectivity index (χ3v) is 2.60. The maximum Gasteiger partial charge on any atom is 0.257 e. The van der Waals surface area contributed by atoms with E-state index in [-0.39, 0.29) is 5.91 Å². The van der Waals surface area contributed by atoms with Gasteiger partial charge in [0, 0.05) is 17.2 Å². The molecule has 0 fully saturated rings. The van der Waals surface area contributed by atoms with Gasteiger partial charge in [-0.3, -0.25) is 10.1 Å². The number of allylic oxidation sites excluding steroid dienone is 2. The van der Waals surface area contributed by atoms with Crippen molar-refractivity contribution in [3.05, 3.63) is 35.4 Å². The minimum atomic E-state index is -0.0732. The third-order valence-electron chi connectivity index (χ3n) is 1.91. The fourth-order valence-electron chi connectivity index (χ4n) is 1.24. The van der Waals surface area contributed by atoms with Crippen LogP contribution in [0.25, 0.3) is 0 Å². The zero-order chi connectivity index (χ0) is 9.80. The first-order valence-electron chi connectivity index (χ1n) is 4.44. The van der Waals surface area contributed by atoms with Crippen LogP contribution in [0.2, 0.25) is 0 Å². The van der Waals surface area contributed by atoms with Gasteiger partial charge in [-0.2, -0.15) is 0 Å². The predicted octanol–water partition coefficient (Wildman–Crippen LogP) is 2.36. The zero-order valence-corrected chi connectivity index (χ0v) is 8.38. The second-order valence-electron chi connectivity index (χ2n) is 2.93. The first kappa shape index (κ1) is 9.15. The van der Waals surface area contributed by atoms with Gasteiger partial charge >= 0.3 is 0 Å². The van der Waals surface area contributed by atoms with E-state index in [4.69, 9.17) is 0 Å². The Morgan fingerprint density at radius 2 is 2.43 bits per heavy atom. The highest BCUT2D eigenvalue weighted by Gasteiger charge is 2.09. The van der Waals surface area contributed by atoms with Crippen LogP contribution in [0.3, 0.4) is 0 Å². The molecule has 1 amide bonds. The molecule has 1 heterocycles. The molecule has 0 aromatic carbocycles. The molecule has 0 aliphatic heterocycles. The van der Waals surface area contributed by atoms with E-state index >= 15 is 0 Å². The van der Waals surface area contributed by atoms with Crippen molar-refractivity contribution in [3.63, 3.8) is 0 Å². The van der Waals surface area contributed by atoms with Gasteiger partial charge in [0.2, 0.25) is 0 Å². The van der Waals surface area contributed by atoms with E-state index in [0.717, 1.165) is 18.4 Å². The van der Waals surface area contributed by atoms with Gasteiger partial charge in [-0.05, 0) is 12.8 Å². The minimum absolute atomic E-state index is 0.0732. The van der Waals surface area contributed by atoms with Crippen molar-refractivity contribution in [1.82, 2.24) is 4.98 Å². The van der Waals surface area contributed by atoms with Crippen LogP contribution < -0.4 is 5.32 Å². The number of nitrogens with one attached hydrogen (secondary N) is 1. The summed E-state index contributed by atoms with van der Waals surface area (Å²) in [6.45, 7) is 0. The van der Waals surface area contributed by atoms with Crippen molar-refractivity contribution in [2.75, 3.05) is 5.32 Å². The monoisotopic (exact) mass is 206 g/mol. The van der Waals surface area contributed by atoms with Crippen LogP contribution in [0, 0.1) is 0 Å². The molecule has 0 unspecified atom stereocenters. The Morgan fingerprint density at radius 1 is 1.50 bits per heavy atom. The molecule has 0 spiro atoms. The summed E-state index contributed by atoms with van der Waals surface area (Å²) < 4.78 is 0. The van der Waals surface area contributed by atoms with Crippen LogP contribution in [0.5, 0.6) is 0 Å². The van der Waals surface area contributed by atoms with Crippen LogP contribution >= 0.6 is 11.3 Å². The van der Waals surface area contributed by atoms with Gasteiger partial charge in [-0.25, -0.2) is 4.98 Å². The van der Waals surface area contributed by atoms with E-state index in [9.17, 15) is 4.79 Å². The third kappa shape index (κ3) is 2.09. The molecule has 1 aromatic heterocycles. The number of hydrogen-bond donors (Lipinski definition) is 1. The van der Waals surface area contributed by atoms with E-state index < -0.39 is 0 Å². The number of thiazole rings is 1. The predicted molar refractivity (Wildman–Crippen MR) is 57.2 cm³/mol. The average Bonchev–Trinajstić information content (AvgIpc) is 2.72. The van der Waals surface area contributed by atoms with Gasteiger partial charge < -0.3 is 0 Å². The number of aromatic nitrogens is 1. The highest BCUT2D eigenvalue weighted by molar-refractivity contribution is 7.13. The number of nitrogens with zero attached hydrogens (tertiary/aromatic N) is 1. The lowest BCUT2D eigenvalue weighted by Crippen LogP contribution is -2.13. The van der Waals surface area contributed by atoms with E-state index in [1.165, 1.54) is 11.3 Å². The highest BCUT2D eigenvalue weighted by Crippen LogP contribution is 2.14. The number of amides is 1. The summed E-state index contributed by atoms with van der Waals surface area (Å²) in [4.78, 5) is 15.6. The fourth-order valence-corrected chi connectivity index (χ4v) is 1.76. The first-order valence-corrected chi connectivity index (χ1v) is 5.32. The Morgan fingerprint density at radius 3 is 3.07 bits per heavy atom. The van der Waals surface area contributed by atoms with Crippen molar-refractivity contribution in [2.24, 2.45) is 0 Å². The molecule has 14 heavy (non-hydrogen) atoms. The topological polar surface area (TPSA) is 42.0 Å².